The van der Waals surface area contributed by atoms with Crippen molar-refractivity contribution in [1.82, 2.24) is 5.32 Å². The molecule has 1 heterocycles. The van der Waals surface area contributed by atoms with E-state index in [1.165, 1.54) is 12.1 Å². The van der Waals surface area contributed by atoms with Gasteiger partial charge in [0.1, 0.15) is 11.3 Å². The van der Waals surface area contributed by atoms with Crippen molar-refractivity contribution in [2.75, 3.05) is 11.5 Å². The summed E-state index contributed by atoms with van der Waals surface area (Å²) in [6.45, 7) is 4.18. The van der Waals surface area contributed by atoms with E-state index >= 15 is 0 Å². The van der Waals surface area contributed by atoms with E-state index in [1.807, 2.05) is 6.92 Å². The smallest absolute Gasteiger partial charge is 0.335 e. The van der Waals surface area contributed by atoms with E-state index in [9.17, 15) is 14.4 Å². The van der Waals surface area contributed by atoms with Crippen LogP contribution in [0.4, 0.5) is 10.5 Å². The van der Waals surface area contributed by atoms with Crippen LogP contribution in [0.15, 0.2) is 44.9 Å². The number of barbiturate groups is 1. The quantitative estimate of drug-likeness (QED) is 0.383. The number of halogens is 3. The molecule has 0 saturated carbocycles. The third kappa shape index (κ3) is 4.61. The zero-order valence-electron chi connectivity index (χ0n) is 16.1. The molecule has 0 spiro atoms. The average Bonchev–Trinajstić information content (AvgIpc) is 2.67. The summed E-state index contributed by atoms with van der Waals surface area (Å²) < 4.78 is 7.19. The lowest BCUT2D eigenvalue weighted by Crippen LogP contribution is -2.54. The number of nitrogens with one attached hydrogen (secondary N) is 1. The normalized spacial score (nSPS) is 15.6. The van der Waals surface area contributed by atoms with Crippen LogP contribution in [0, 0.1) is 6.92 Å². The van der Waals surface area contributed by atoms with Crippen LogP contribution in [0.5, 0.6) is 5.75 Å². The summed E-state index contributed by atoms with van der Waals surface area (Å²) >= 11 is 12.9. The Bertz CT molecular complexity index is 1080. The Morgan fingerprint density at radius 3 is 2.60 bits per heavy atom. The second kappa shape index (κ2) is 9.32. The van der Waals surface area contributed by atoms with E-state index in [0.29, 0.717) is 38.7 Å². The third-order valence-electron chi connectivity index (χ3n) is 4.30. The first-order chi connectivity index (χ1) is 14.2. The van der Waals surface area contributed by atoms with Gasteiger partial charge in [-0.25, -0.2) is 9.69 Å². The van der Waals surface area contributed by atoms with Crippen LogP contribution in [0.2, 0.25) is 5.02 Å². The molecule has 2 aromatic rings. The minimum atomic E-state index is -0.828. The maximum atomic E-state index is 13.2. The summed E-state index contributed by atoms with van der Waals surface area (Å²) in [5.41, 5.74) is 1.29. The zero-order valence-corrected chi connectivity index (χ0v) is 20.0. The number of amides is 4. The molecular weight excluding hydrogens is 540 g/mol. The molecule has 0 radical (unpaired) electrons. The molecule has 30 heavy (non-hydrogen) atoms. The maximum absolute atomic E-state index is 13.2. The minimum Gasteiger partial charge on any atom is -0.492 e. The molecule has 0 atom stereocenters. The van der Waals surface area contributed by atoms with Crippen molar-refractivity contribution in [3.8, 4) is 5.75 Å². The first kappa shape index (κ1) is 22.5. The molecular formula is C21H17Br2ClN2O4. The molecule has 2 aromatic carbocycles. The number of urea groups is 1. The van der Waals surface area contributed by atoms with E-state index in [1.54, 1.807) is 31.2 Å². The molecule has 4 amide bonds. The second-order valence-electron chi connectivity index (χ2n) is 6.54. The molecule has 0 bridgehead atoms. The van der Waals surface area contributed by atoms with E-state index in [0.717, 1.165) is 15.8 Å². The van der Waals surface area contributed by atoms with Gasteiger partial charge in [0.05, 0.1) is 16.8 Å². The number of hydrogen-bond acceptors (Lipinski definition) is 4. The van der Waals surface area contributed by atoms with Gasteiger partial charge in [-0.1, -0.05) is 40.5 Å². The van der Waals surface area contributed by atoms with Crippen molar-refractivity contribution in [1.29, 1.82) is 0 Å². The molecule has 1 saturated heterocycles. The lowest BCUT2D eigenvalue weighted by Gasteiger charge is -2.27. The lowest BCUT2D eigenvalue weighted by atomic mass is 10.0. The summed E-state index contributed by atoms with van der Waals surface area (Å²) in [5, 5.41) is 2.58. The number of aryl methyl sites for hydroxylation is 1. The van der Waals surface area contributed by atoms with Crippen LogP contribution < -0.4 is 15.0 Å². The fourth-order valence-electron chi connectivity index (χ4n) is 2.90. The highest BCUT2D eigenvalue weighted by Crippen LogP contribution is 2.35. The van der Waals surface area contributed by atoms with Crippen LogP contribution >= 0.6 is 43.5 Å². The predicted octanol–water partition coefficient (Wildman–Crippen LogP) is 5.63. The van der Waals surface area contributed by atoms with Crippen LogP contribution in [0.3, 0.4) is 0 Å². The number of benzene rings is 2. The standard InChI is InChI=1S/C21H17Br2ClN2O4/c1-3-6-30-18-12(7-13(22)9-16(18)23)8-15-19(27)25-21(29)26(20(15)28)17-10-14(24)5-4-11(17)2/h4-5,7-10H,3,6H2,1-2H3,(H,25,27,29)/b15-8+. The molecule has 1 aliphatic rings. The van der Waals surface area contributed by atoms with Crippen LogP contribution in [0.25, 0.3) is 6.08 Å². The van der Waals surface area contributed by atoms with Gasteiger partial charge in [0, 0.05) is 15.1 Å². The van der Waals surface area contributed by atoms with Crippen molar-refractivity contribution in [3.05, 3.63) is 61.0 Å². The SMILES string of the molecule is CCCOc1c(Br)cc(Br)cc1/C=C1\C(=O)NC(=O)N(c2cc(Cl)ccc2C)C1=O. The number of anilines is 1. The number of nitrogens with zero attached hydrogens (tertiary/aromatic N) is 1. The van der Waals surface area contributed by atoms with Crippen molar-refractivity contribution in [2.45, 2.75) is 20.3 Å². The molecule has 6 nitrogen and oxygen atoms in total. The maximum Gasteiger partial charge on any atom is 0.335 e. The molecule has 1 fully saturated rings. The number of imide groups is 2. The Morgan fingerprint density at radius 1 is 1.17 bits per heavy atom. The largest absolute Gasteiger partial charge is 0.492 e. The van der Waals surface area contributed by atoms with Gasteiger partial charge in [-0.05, 0) is 65.2 Å². The van der Waals surface area contributed by atoms with E-state index in [2.05, 4.69) is 37.2 Å². The summed E-state index contributed by atoms with van der Waals surface area (Å²) in [6, 6.07) is 7.57. The monoisotopic (exact) mass is 554 g/mol. The highest BCUT2D eigenvalue weighted by atomic mass is 79.9. The zero-order chi connectivity index (χ0) is 22.0. The predicted molar refractivity (Wildman–Crippen MR) is 123 cm³/mol. The van der Waals surface area contributed by atoms with Crippen molar-refractivity contribution < 1.29 is 19.1 Å². The van der Waals surface area contributed by atoms with Gasteiger partial charge in [-0.15, -0.1) is 0 Å². The van der Waals surface area contributed by atoms with Crippen molar-refractivity contribution >= 4 is 73.1 Å². The number of hydrogen-bond donors (Lipinski definition) is 1. The summed E-state index contributed by atoms with van der Waals surface area (Å²) in [6.07, 6.45) is 2.20. The first-order valence-electron chi connectivity index (χ1n) is 9.02. The molecule has 0 aliphatic carbocycles. The number of ether oxygens (including phenoxy) is 1. The summed E-state index contributed by atoms with van der Waals surface area (Å²) in [5.74, 6) is -1.03. The molecule has 1 N–H and O–H groups in total. The van der Waals surface area contributed by atoms with Gasteiger partial charge in [0.15, 0.2) is 0 Å². The first-order valence-corrected chi connectivity index (χ1v) is 11.0. The van der Waals surface area contributed by atoms with Gasteiger partial charge >= 0.3 is 6.03 Å². The van der Waals surface area contributed by atoms with E-state index < -0.39 is 17.8 Å². The Labute approximate surface area is 195 Å². The second-order valence-corrected chi connectivity index (χ2v) is 8.75. The number of carbonyl (C=O) groups is 3. The van der Waals surface area contributed by atoms with Gasteiger partial charge in [-0.2, -0.15) is 0 Å². The van der Waals surface area contributed by atoms with Gasteiger partial charge in [0.2, 0.25) is 0 Å². The van der Waals surface area contributed by atoms with Crippen LogP contribution in [-0.2, 0) is 9.59 Å². The molecule has 3 rings (SSSR count). The lowest BCUT2D eigenvalue weighted by molar-refractivity contribution is -0.122. The average molecular weight is 557 g/mol. The molecule has 156 valence electrons. The Morgan fingerprint density at radius 2 is 1.90 bits per heavy atom. The Kier molecular flexibility index (Phi) is 7.00. The van der Waals surface area contributed by atoms with Gasteiger partial charge in [0.25, 0.3) is 11.8 Å². The Hall–Kier alpha value is -2.16. The van der Waals surface area contributed by atoms with Crippen LogP contribution in [0.1, 0.15) is 24.5 Å². The summed E-state index contributed by atoms with van der Waals surface area (Å²) in [4.78, 5) is 39.1. The van der Waals surface area contributed by atoms with Crippen LogP contribution in [-0.4, -0.2) is 24.5 Å². The fourth-order valence-corrected chi connectivity index (χ4v) is 4.44. The van der Waals surface area contributed by atoms with Gasteiger partial charge < -0.3 is 4.74 Å². The third-order valence-corrected chi connectivity index (χ3v) is 5.58. The van der Waals surface area contributed by atoms with Crippen molar-refractivity contribution in [2.24, 2.45) is 0 Å². The highest BCUT2D eigenvalue weighted by molar-refractivity contribution is 9.11. The molecule has 9 heteroatoms. The number of rotatable bonds is 5. The minimum absolute atomic E-state index is 0.194. The van der Waals surface area contributed by atoms with Crippen molar-refractivity contribution in [3.63, 3.8) is 0 Å². The number of carbonyl (C=O) groups excluding carboxylic acids is 3. The van der Waals surface area contributed by atoms with E-state index in [-0.39, 0.29) is 5.57 Å². The highest BCUT2D eigenvalue weighted by Gasteiger charge is 2.37. The topological polar surface area (TPSA) is 75.7 Å². The molecule has 1 aliphatic heterocycles. The van der Waals surface area contributed by atoms with Gasteiger partial charge in [-0.3, -0.25) is 14.9 Å². The fraction of sp³-hybridized carbons (Fsp3) is 0.190. The summed E-state index contributed by atoms with van der Waals surface area (Å²) in [7, 11) is 0. The molecule has 0 aromatic heterocycles. The Balaban J connectivity index is 2.11. The van der Waals surface area contributed by atoms with E-state index in [4.69, 9.17) is 16.3 Å². The molecule has 0 unspecified atom stereocenters.